The molecule has 0 aromatic heterocycles. The Kier molecular flexibility index (Phi) is 12.0. The first kappa shape index (κ1) is 35.7. The van der Waals surface area contributed by atoms with Crippen LogP contribution in [0.25, 0.3) is 0 Å². The van der Waals surface area contributed by atoms with E-state index in [0.717, 1.165) is 54.1 Å². The van der Waals surface area contributed by atoms with E-state index in [1.807, 2.05) is 30.3 Å². The lowest BCUT2D eigenvalue weighted by atomic mass is 9.94. The number of amides is 2. The number of sulfonamides is 1. The summed E-state index contributed by atoms with van der Waals surface area (Å²) in [6.07, 6.45) is 4.85. The van der Waals surface area contributed by atoms with Crippen LogP contribution in [0.1, 0.15) is 43.2 Å². The number of benzene rings is 4. The Morgan fingerprint density at radius 2 is 1.44 bits per heavy atom. The van der Waals surface area contributed by atoms with E-state index in [4.69, 9.17) is 34.8 Å². The Balaban J connectivity index is 1.60. The summed E-state index contributed by atoms with van der Waals surface area (Å²) >= 11 is 19.3. The maximum Gasteiger partial charge on any atom is 0.264 e. The van der Waals surface area contributed by atoms with Crippen molar-refractivity contribution in [3.63, 3.8) is 0 Å². The number of nitrogens with one attached hydrogen (secondary N) is 1. The zero-order chi connectivity index (χ0) is 34.3. The number of anilines is 1. The average Bonchev–Trinajstić information content (AvgIpc) is 3.08. The summed E-state index contributed by atoms with van der Waals surface area (Å²) < 4.78 is 43.3. The van der Waals surface area contributed by atoms with Gasteiger partial charge in [0, 0.05) is 34.6 Å². The Labute approximate surface area is 295 Å². The van der Waals surface area contributed by atoms with Gasteiger partial charge in [-0.2, -0.15) is 0 Å². The van der Waals surface area contributed by atoms with Crippen molar-refractivity contribution in [3.05, 3.63) is 129 Å². The molecule has 0 saturated heterocycles. The Morgan fingerprint density at radius 3 is 2.06 bits per heavy atom. The molecule has 4 aromatic carbocycles. The minimum Gasteiger partial charge on any atom is -0.352 e. The molecule has 1 fully saturated rings. The molecule has 12 heteroatoms. The molecule has 4 aromatic rings. The van der Waals surface area contributed by atoms with Gasteiger partial charge in [0.2, 0.25) is 11.8 Å². The highest BCUT2D eigenvalue weighted by Crippen LogP contribution is 2.31. The van der Waals surface area contributed by atoms with Crippen LogP contribution in [0.2, 0.25) is 15.1 Å². The van der Waals surface area contributed by atoms with E-state index in [9.17, 15) is 22.4 Å². The molecule has 5 rings (SSSR count). The molecule has 0 spiro atoms. The maximum atomic E-state index is 14.7. The fourth-order valence-corrected chi connectivity index (χ4v) is 7.96. The predicted octanol–water partition coefficient (Wildman–Crippen LogP) is 8.07. The molecule has 1 aliphatic rings. The number of rotatable bonds is 12. The van der Waals surface area contributed by atoms with Crippen LogP contribution in [0.5, 0.6) is 0 Å². The van der Waals surface area contributed by atoms with Gasteiger partial charge in [0.25, 0.3) is 10.0 Å². The average molecular weight is 731 g/mol. The van der Waals surface area contributed by atoms with E-state index in [1.54, 1.807) is 36.4 Å². The summed E-state index contributed by atoms with van der Waals surface area (Å²) in [4.78, 5) is 30.1. The summed E-state index contributed by atoms with van der Waals surface area (Å²) in [5.41, 5.74) is 1.17. The van der Waals surface area contributed by atoms with Crippen molar-refractivity contribution >= 4 is 62.3 Å². The highest BCUT2D eigenvalue weighted by Gasteiger charge is 2.36. The lowest BCUT2D eigenvalue weighted by Crippen LogP contribution is -2.55. The van der Waals surface area contributed by atoms with Crippen LogP contribution in [0.4, 0.5) is 10.1 Å². The monoisotopic (exact) mass is 729 g/mol. The third-order valence-electron chi connectivity index (χ3n) is 8.41. The third kappa shape index (κ3) is 8.69. The molecule has 252 valence electrons. The number of hydrogen-bond donors (Lipinski definition) is 1. The SMILES string of the molecule is O=C(NC1CCCCC1)[C@@H](Cc1ccccc1)N(Cc1c(Cl)cccc1Cl)C(=O)CN(c1ccc(F)c(Cl)c1)S(=O)(=O)c1ccccc1. The van der Waals surface area contributed by atoms with Gasteiger partial charge in [-0.25, -0.2) is 12.8 Å². The van der Waals surface area contributed by atoms with E-state index in [2.05, 4.69) is 5.32 Å². The van der Waals surface area contributed by atoms with Crippen LogP contribution in [0, 0.1) is 5.82 Å². The highest BCUT2D eigenvalue weighted by molar-refractivity contribution is 7.92. The fraction of sp³-hybridized carbons (Fsp3) is 0.278. The van der Waals surface area contributed by atoms with Gasteiger partial charge >= 0.3 is 0 Å². The van der Waals surface area contributed by atoms with E-state index < -0.39 is 34.3 Å². The first-order valence-electron chi connectivity index (χ1n) is 15.6. The largest absolute Gasteiger partial charge is 0.352 e. The Morgan fingerprint density at radius 1 is 0.812 bits per heavy atom. The quantitative estimate of drug-likeness (QED) is 0.160. The van der Waals surface area contributed by atoms with Crippen LogP contribution in [0.3, 0.4) is 0 Å². The Hall–Kier alpha value is -3.63. The molecule has 1 N–H and O–H groups in total. The lowest BCUT2D eigenvalue weighted by Gasteiger charge is -2.35. The summed E-state index contributed by atoms with van der Waals surface area (Å²) in [5.74, 6) is -1.82. The van der Waals surface area contributed by atoms with Crippen molar-refractivity contribution in [2.45, 2.75) is 62.0 Å². The van der Waals surface area contributed by atoms with Gasteiger partial charge in [-0.05, 0) is 60.9 Å². The molecule has 1 aliphatic carbocycles. The number of carbonyl (C=O) groups excluding carboxylic acids is 2. The zero-order valence-corrected chi connectivity index (χ0v) is 29.1. The first-order valence-corrected chi connectivity index (χ1v) is 18.2. The van der Waals surface area contributed by atoms with Gasteiger partial charge in [0.05, 0.1) is 15.6 Å². The molecule has 0 aliphatic heterocycles. The van der Waals surface area contributed by atoms with Crippen molar-refractivity contribution in [2.75, 3.05) is 10.8 Å². The number of nitrogens with zero attached hydrogens (tertiary/aromatic N) is 2. The predicted molar refractivity (Wildman–Crippen MR) is 188 cm³/mol. The van der Waals surface area contributed by atoms with Crippen molar-refractivity contribution < 1.29 is 22.4 Å². The van der Waals surface area contributed by atoms with Crippen molar-refractivity contribution in [2.24, 2.45) is 0 Å². The molecule has 0 radical (unpaired) electrons. The number of carbonyl (C=O) groups is 2. The highest BCUT2D eigenvalue weighted by atomic mass is 35.5. The van der Waals surface area contributed by atoms with Gasteiger partial charge in [-0.15, -0.1) is 0 Å². The topological polar surface area (TPSA) is 86.8 Å². The van der Waals surface area contributed by atoms with Crippen molar-refractivity contribution in [1.82, 2.24) is 10.2 Å². The molecule has 48 heavy (non-hydrogen) atoms. The zero-order valence-electron chi connectivity index (χ0n) is 26.0. The minimum atomic E-state index is -4.38. The van der Waals surface area contributed by atoms with E-state index in [1.165, 1.54) is 23.1 Å². The third-order valence-corrected chi connectivity index (χ3v) is 11.2. The molecule has 2 amide bonds. The molecule has 7 nitrogen and oxygen atoms in total. The van der Waals surface area contributed by atoms with Crippen molar-refractivity contribution in [1.29, 1.82) is 0 Å². The van der Waals surface area contributed by atoms with Crippen LogP contribution in [-0.4, -0.2) is 43.8 Å². The Bertz CT molecular complexity index is 1820. The lowest BCUT2D eigenvalue weighted by molar-refractivity contribution is -0.140. The normalized spacial score (nSPS) is 14.2. The molecule has 1 atom stereocenters. The molecule has 0 bridgehead atoms. The summed E-state index contributed by atoms with van der Waals surface area (Å²) in [6.45, 7) is -0.917. The number of hydrogen-bond acceptors (Lipinski definition) is 4. The van der Waals surface area contributed by atoms with Gasteiger partial charge in [-0.3, -0.25) is 13.9 Å². The second-order valence-electron chi connectivity index (χ2n) is 11.7. The summed E-state index contributed by atoms with van der Waals surface area (Å²) in [5, 5.41) is 3.40. The molecule has 0 unspecified atom stereocenters. The standard InChI is InChI=1S/C36H35Cl3FN3O4S/c37-30-17-10-18-31(38)29(30)23-42(34(21-25-11-4-1-5-12-25)36(45)41-26-13-6-2-7-14-26)35(44)24-43(27-19-20-33(40)32(39)22-27)48(46,47)28-15-8-3-9-16-28/h1,3-5,8-12,15-20,22,26,34H,2,6-7,13-14,21,23-24H2,(H,41,45)/t34-/m1/s1. The van der Waals surface area contributed by atoms with E-state index in [-0.39, 0.29) is 50.6 Å². The second-order valence-corrected chi connectivity index (χ2v) is 14.8. The molecular formula is C36H35Cl3FN3O4S. The maximum absolute atomic E-state index is 14.7. The van der Waals surface area contributed by atoms with E-state index >= 15 is 0 Å². The number of halogens is 4. The minimum absolute atomic E-state index is 0.0272. The molecule has 1 saturated carbocycles. The van der Waals surface area contributed by atoms with Gasteiger partial charge < -0.3 is 10.2 Å². The van der Waals surface area contributed by atoms with Gasteiger partial charge in [0.15, 0.2) is 0 Å². The second kappa shape index (κ2) is 16.2. The molecular weight excluding hydrogens is 696 g/mol. The van der Waals surface area contributed by atoms with Crippen LogP contribution >= 0.6 is 34.8 Å². The van der Waals surface area contributed by atoms with Crippen LogP contribution < -0.4 is 9.62 Å². The smallest absolute Gasteiger partial charge is 0.264 e. The van der Waals surface area contributed by atoms with Gasteiger partial charge in [-0.1, -0.05) is 109 Å². The van der Waals surface area contributed by atoms with E-state index in [0.29, 0.717) is 5.56 Å². The fourth-order valence-electron chi connectivity index (χ4n) is 5.84. The van der Waals surface area contributed by atoms with Crippen LogP contribution in [0.15, 0.2) is 102 Å². The summed E-state index contributed by atoms with van der Waals surface area (Å²) in [7, 11) is -4.38. The van der Waals surface area contributed by atoms with Gasteiger partial charge in [0.1, 0.15) is 18.4 Å². The van der Waals surface area contributed by atoms with Crippen molar-refractivity contribution in [3.8, 4) is 0 Å². The molecule has 0 heterocycles. The first-order chi connectivity index (χ1) is 23.0. The summed E-state index contributed by atoms with van der Waals surface area (Å²) in [6, 6.07) is 24.1. The van der Waals surface area contributed by atoms with Crippen LogP contribution in [-0.2, 0) is 32.6 Å².